The van der Waals surface area contributed by atoms with Crippen molar-refractivity contribution in [3.05, 3.63) is 114 Å². The van der Waals surface area contributed by atoms with Crippen LogP contribution in [0.5, 0.6) is 11.5 Å². The molecule has 176 valence electrons. The first kappa shape index (κ1) is 23.3. The number of nitrogens with one attached hydrogen (secondary N) is 1. The van der Waals surface area contributed by atoms with E-state index in [4.69, 9.17) is 14.6 Å². The average Bonchev–Trinajstić information content (AvgIpc) is 3.43. The SMILES string of the molecule is COc1cccc(/C=N\NC(=O)c2ccccc2-n2cccc2)c1OCc1ccc(C(=O)O)cc1. The summed E-state index contributed by atoms with van der Waals surface area (Å²) < 4.78 is 13.3. The van der Waals surface area contributed by atoms with E-state index in [1.807, 2.05) is 41.2 Å². The van der Waals surface area contributed by atoms with Gasteiger partial charge in [0.2, 0.25) is 0 Å². The molecule has 1 heterocycles. The fourth-order valence-electron chi connectivity index (χ4n) is 3.46. The largest absolute Gasteiger partial charge is 0.493 e. The Hall–Kier alpha value is -4.85. The molecular formula is C27H23N3O5. The fraction of sp³-hybridized carbons (Fsp3) is 0.0741. The lowest BCUT2D eigenvalue weighted by atomic mass is 10.1. The number of carbonyl (C=O) groups is 2. The maximum Gasteiger partial charge on any atom is 0.335 e. The molecule has 0 saturated carbocycles. The van der Waals surface area contributed by atoms with Gasteiger partial charge >= 0.3 is 5.97 Å². The van der Waals surface area contributed by atoms with Gasteiger partial charge in [0.05, 0.1) is 30.1 Å². The minimum Gasteiger partial charge on any atom is -0.493 e. The fourth-order valence-corrected chi connectivity index (χ4v) is 3.46. The quantitative estimate of drug-likeness (QED) is 0.277. The van der Waals surface area contributed by atoms with Gasteiger partial charge in [-0.15, -0.1) is 0 Å². The summed E-state index contributed by atoms with van der Waals surface area (Å²) in [5, 5.41) is 13.2. The van der Waals surface area contributed by atoms with Crippen LogP contribution in [0.2, 0.25) is 0 Å². The van der Waals surface area contributed by atoms with Gasteiger partial charge in [-0.05, 0) is 54.1 Å². The zero-order valence-corrected chi connectivity index (χ0v) is 18.9. The minimum atomic E-state index is -0.987. The molecule has 2 N–H and O–H groups in total. The number of ether oxygens (including phenoxy) is 2. The Morgan fingerprint density at radius 3 is 2.43 bits per heavy atom. The molecule has 1 amide bonds. The number of carbonyl (C=O) groups excluding carboxylic acids is 1. The molecule has 35 heavy (non-hydrogen) atoms. The molecule has 0 fully saturated rings. The topological polar surface area (TPSA) is 102 Å². The van der Waals surface area contributed by atoms with Gasteiger partial charge < -0.3 is 19.1 Å². The number of amides is 1. The van der Waals surface area contributed by atoms with Crippen molar-refractivity contribution in [3.63, 3.8) is 0 Å². The van der Waals surface area contributed by atoms with Crippen LogP contribution in [0.4, 0.5) is 0 Å². The Balaban J connectivity index is 1.49. The third kappa shape index (κ3) is 5.56. The van der Waals surface area contributed by atoms with Gasteiger partial charge in [-0.2, -0.15) is 5.10 Å². The molecule has 0 saturated heterocycles. The highest BCUT2D eigenvalue weighted by Gasteiger charge is 2.13. The van der Waals surface area contributed by atoms with E-state index in [-0.39, 0.29) is 18.1 Å². The summed E-state index contributed by atoms with van der Waals surface area (Å²) in [6.45, 7) is 0.192. The second-order valence-corrected chi connectivity index (χ2v) is 7.48. The average molecular weight is 469 g/mol. The molecular weight excluding hydrogens is 446 g/mol. The number of carboxylic acids is 1. The first-order chi connectivity index (χ1) is 17.1. The van der Waals surface area contributed by atoms with E-state index in [0.29, 0.717) is 22.6 Å². The molecule has 0 aliphatic heterocycles. The lowest BCUT2D eigenvalue weighted by molar-refractivity contribution is 0.0696. The van der Waals surface area contributed by atoms with Crippen LogP contribution in [-0.2, 0) is 6.61 Å². The van der Waals surface area contributed by atoms with Gasteiger partial charge in [0.25, 0.3) is 5.91 Å². The second-order valence-electron chi connectivity index (χ2n) is 7.48. The molecule has 0 aliphatic rings. The Bertz CT molecular complexity index is 1350. The van der Waals surface area contributed by atoms with E-state index in [1.54, 1.807) is 42.5 Å². The van der Waals surface area contributed by atoms with Crippen molar-refractivity contribution in [1.82, 2.24) is 9.99 Å². The van der Waals surface area contributed by atoms with E-state index in [9.17, 15) is 9.59 Å². The molecule has 8 nitrogen and oxygen atoms in total. The summed E-state index contributed by atoms with van der Waals surface area (Å²) in [6, 6.07) is 22.8. The van der Waals surface area contributed by atoms with Crippen LogP contribution in [0.25, 0.3) is 5.69 Å². The molecule has 0 radical (unpaired) electrons. The third-order valence-corrected chi connectivity index (χ3v) is 5.21. The van der Waals surface area contributed by atoms with Crippen LogP contribution in [0, 0.1) is 0 Å². The smallest absolute Gasteiger partial charge is 0.335 e. The van der Waals surface area contributed by atoms with Crippen LogP contribution < -0.4 is 14.9 Å². The number of rotatable bonds is 9. The summed E-state index contributed by atoms with van der Waals surface area (Å²) in [6.07, 6.45) is 5.22. The molecule has 0 bridgehead atoms. The Morgan fingerprint density at radius 1 is 0.971 bits per heavy atom. The van der Waals surface area contributed by atoms with Crippen molar-refractivity contribution in [3.8, 4) is 17.2 Å². The van der Waals surface area contributed by atoms with Crippen molar-refractivity contribution in [1.29, 1.82) is 0 Å². The van der Waals surface area contributed by atoms with E-state index in [0.717, 1.165) is 11.3 Å². The van der Waals surface area contributed by atoms with E-state index in [2.05, 4.69) is 10.5 Å². The van der Waals surface area contributed by atoms with Gasteiger partial charge in [0.15, 0.2) is 11.5 Å². The normalized spacial score (nSPS) is 10.8. The van der Waals surface area contributed by atoms with E-state index in [1.165, 1.54) is 25.5 Å². The van der Waals surface area contributed by atoms with E-state index < -0.39 is 5.97 Å². The predicted molar refractivity (Wildman–Crippen MR) is 132 cm³/mol. The van der Waals surface area contributed by atoms with Crippen molar-refractivity contribution in [2.75, 3.05) is 7.11 Å². The molecule has 0 unspecified atom stereocenters. The second kappa shape index (κ2) is 10.8. The molecule has 0 atom stereocenters. The molecule has 4 rings (SSSR count). The number of para-hydroxylation sites is 2. The van der Waals surface area contributed by atoms with Crippen LogP contribution in [0.3, 0.4) is 0 Å². The first-order valence-corrected chi connectivity index (χ1v) is 10.7. The lowest BCUT2D eigenvalue weighted by Gasteiger charge is -2.13. The van der Waals surface area contributed by atoms with Gasteiger partial charge in [-0.1, -0.05) is 30.3 Å². The third-order valence-electron chi connectivity index (χ3n) is 5.21. The minimum absolute atomic E-state index is 0.192. The van der Waals surface area contributed by atoms with Crippen LogP contribution in [0.1, 0.15) is 31.8 Å². The van der Waals surface area contributed by atoms with Gasteiger partial charge in [-0.3, -0.25) is 4.79 Å². The maximum absolute atomic E-state index is 12.8. The highest BCUT2D eigenvalue weighted by molar-refractivity contribution is 5.98. The van der Waals surface area contributed by atoms with Crippen LogP contribution in [0.15, 0.2) is 96.4 Å². The van der Waals surface area contributed by atoms with Crippen LogP contribution in [-0.4, -0.2) is 34.9 Å². The van der Waals surface area contributed by atoms with Crippen molar-refractivity contribution in [2.24, 2.45) is 5.10 Å². The van der Waals surface area contributed by atoms with Gasteiger partial charge in [0.1, 0.15) is 6.61 Å². The zero-order valence-electron chi connectivity index (χ0n) is 18.9. The number of aromatic carboxylic acids is 1. The lowest BCUT2D eigenvalue weighted by Crippen LogP contribution is -2.19. The van der Waals surface area contributed by atoms with E-state index >= 15 is 0 Å². The summed E-state index contributed by atoms with van der Waals surface area (Å²) >= 11 is 0. The molecule has 1 aromatic heterocycles. The molecule has 8 heteroatoms. The first-order valence-electron chi connectivity index (χ1n) is 10.7. The molecule has 4 aromatic rings. The summed E-state index contributed by atoms with van der Waals surface area (Å²) in [5.74, 6) is -0.392. The van der Waals surface area contributed by atoms with Crippen molar-refractivity contribution >= 4 is 18.1 Å². The number of hydrazone groups is 1. The zero-order chi connectivity index (χ0) is 24.6. The number of aromatic nitrogens is 1. The van der Waals surface area contributed by atoms with Crippen molar-refractivity contribution < 1.29 is 24.2 Å². The number of methoxy groups -OCH3 is 1. The number of carboxylic acid groups (broad SMARTS) is 1. The van der Waals surface area contributed by atoms with Crippen LogP contribution >= 0.6 is 0 Å². The number of nitrogens with zero attached hydrogens (tertiary/aromatic N) is 2. The predicted octanol–water partition coefficient (Wildman–Crippen LogP) is 4.53. The highest BCUT2D eigenvalue weighted by Crippen LogP contribution is 2.31. The van der Waals surface area contributed by atoms with Gasteiger partial charge in [-0.25, -0.2) is 10.2 Å². The number of hydrogen-bond acceptors (Lipinski definition) is 5. The monoisotopic (exact) mass is 469 g/mol. The van der Waals surface area contributed by atoms with Gasteiger partial charge in [0, 0.05) is 18.0 Å². The van der Waals surface area contributed by atoms with Crippen molar-refractivity contribution in [2.45, 2.75) is 6.61 Å². The Morgan fingerprint density at radius 2 is 1.71 bits per heavy atom. The number of hydrogen-bond donors (Lipinski definition) is 2. The molecule has 0 aliphatic carbocycles. The molecule has 0 spiro atoms. The Kier molecular flexibility index (Phi) is 7.22. The summed E-state index contributed by atoms with van der Waals surface area (Å²) in [5.41, 5.74) is 5.38. The molecule has 3 aromatic carbocycles. The summed E-state index contributed by atoms with van der Waals surface area (Å²) in [7, 11) is 1.53. The highest BCUT2D eigenvalue weighted by atomic mass is 16.5. The standard InChI is InChI=1S/C27H23N3O5/c1-34-24-10-6-7-21(25(24)35-18-19-11-13-20(14-12-19)27(32)33)17-28-29-26(31)22-8-2-3-9-23(22)30-15-4-5-16-30/h2-17H,18H2,1H3,(H,29,31)(H,32,33)/b28-17-. The number of benzene rings is 3. The maximum atomic E-state index is 12.8. The Labute approximate surface area is 202 Å². The summed E-state index contributed by atoms with van der Waals surface area (Å²) in [4.78, 5) is 23.9.